The van der Waals surface area contributed by atoms with Crippen molar-refractivity contribution in [3.8, 4) is 0 Å². The van der Waals surface area contributed by atoms with Crippen LogP contribution in [0.2, 0.25) is 0 Å². The van der Waals surface area contributed by atoms with Gasteiger partial charge < -0.3 is 10.1 Å². The Bertz CT molecular complexity index is 876. The molecule has 2 aromatic rings. The number of Topliss-reactive ketones (excluding diaryl/α,β-unsaturated/α-hetero) is 1. The number of hydrogen-bond acceptors (Lipinski definition) is 4. The fraction of sp³-hybridized carbons (Fsp3) is 0.375. The predicted molar refractivity (Wildman–Crippen MR) is 111 cm³/mol. The third-order valence-corrected chi connectivity index (χ3v) is 5.21. The Balaban J connectivity index is 1.60. The first-order chi connectivity index (χ1) is 14.1. The fourth-order valence-corrected chi connectivity index (χ4v) is 3.66. The second-order valence-corrected chi connectivity index (χ2v) is 7.28. The van der Waals surface area contributed by atoms with Crippen molar-refractivity contribution in [1.82, 2.24) is 5.32 Å². The highest BCUT2D eigenvalue weighted by molar-refractivity contribution is 5.98. The predicted octanol–water partition coefficient (Wildman–Crippen LogP) is 3.95. The molecule has 1 aliphatic rings. The Hall–Kier alpha value is -2.95. The minimum absolute atomic E-state index is 0.0264. The highest BCUT2D eigenvalue weighted by Crippen LogP contribution is 2.23. The Kier molecular flexibility index (Phi) is 7.17. The summed E-state index contributed by atoms with van der Waals surface area (Å²) in [4.78, 5) is 37.3. The van der Waals surface area contributed by atoms with Crippen LogP contribution in [-0.4, -0.2) is 24.3 Å². The van der Waals surface area contributed by atoms with E-state index in [9.17, 15) is 14.4 Å². The second-order valence-electron chi connectivity index (χ2n) is 7.28. The maximum Gasteiger partial charge on any atom is 0.333 e. The van der Waals surface area contributed by atoms with Crippen LogP contribution >= 0.6 is 0 Å². The van der Waals surface area contributed by atoms with Crippen molar-refractivity contribution in [1.29, 1.82) is 0 Å². The smallest absolute Gasteiger partial charge is 0.333 e. The third-order valence-electron chi connectivity index (χ3n) is 5.21. The zero-order valence-corrected chi connectivity index (χ0v) is 16.8. The number of nitrogens with one attached hydrogen (secondary N) is 1. The van der Waals surface area contributed by atoms with E-state index in [2.05, 4.69) is 5.32 Å². The lowest BCUT2D eigenvalue weighted by Crippen LogP contribution is -2.35. The van der Waals surface area contributed by atoms with Crippen LogP contribution in [0.3, 0.4) is 0 Å². The van der Waals surface area contributed by atoms with Gasteiger partial charge in [0.15, 0.2) is 11.8 Å². The summed E-state index contributed by atoms with van der Waals surface area (Å²) in [6.07, 6.45) is 4.56. The van der Waals surface area contributed by atoms with Crippen molar-refractivity contribution < 1.29 is 19.1 Å². The molecule has 1 unspecified atom stereocenters. The standard InChI is InChI=1S/C24H27NO4/c1-2-29-24(28)23(18-9-4-3-5-10-18)25-22(27)15-14-21(26)20-13-12-17-8-6-7-11-19(17)16-20/h3-5,9-10,12-13,16,23H,2,6-8,11,14-15H2,1H3,(H,25,27). The lowest BCUT2D eigenvalue weighted by molar-refractivity contribution is -0.147. The van der Waals surface area contributed by atoms with Crippen molar-refractivity contribution >= 4 is 17.7 Å². The average molecular weight is 393 g/mol. The average Bonchev–Trinajstić information content (AvgIpc) is 2.76. The third kappa shape index (κ3) is 5.53. The summed E-state index contributed by atoms with van der Waals surface area (Å²) in [6, 6.07) is 14.0. The number of esters is 1. The number of aryl methyl sites for hydroxylation is 2. The van der Waals surface area contributed by atoms with Crippen LogP contribution in [0.25, 0.3) is 0 Å². The minimum Gasteiger partial charge on any atom is -0.464 e. The summed E-state index contributed by atoms with van der Waals surface area (Å²) in [5.41, 5.74) is 3.88. The van der Waals surface area contributed by atoms with E-state index < -0.39 is 12.0 Å². The molecule has 0 bridgehead atoms. The molecule has 0 fully saturated rings. The van der Waals surface area contributed by atoms with E-state index in [-0.39, 0.29) is 31.1 Å². The van der Waals surface area contributed by atoms with Gasteiger partial charge >= 0.3 is 5.97 Å². The second kappa shape index (κ2) is 10.0. The quantitative estimate of drug-likeness (QED) is 0.544. The summed E-state index contributed by atoms with van der Waals surface area (Å²) in [7, 11) is 0. The first-order valence-corrected chi connectivity index (χ1v) is 10.2. The van der Waals surface area contributed by atoms with Crippen molar-refractivity contribution in [3.05, 3.63) is 70.8 Å². The first kappa shape index (κ1) is 20.8. The SMILES string of the molecule is CCOC(=O)C(NC(=O)CCC(=O)c1ccc2c(c1)CCCC2)c1ccccc1. The first-order valence-electron chi connectivity index (χ1n) is 10.2. The number of ether oxygens (including phenoxy) is 1. The van der Waals surface area contributed by atoms with Gasteiger partial charge in [-0.2, -0.15) is 0 Å². The van der Waals surface area contributed by atoms with Crippen LogP contribution in [-0.2, 0) is 27.2 Å². The number of amides is 1. The van der Waals surface area contributed by atoms with Gasteiger partial charge in [0, 0.05) is 18.4 Å². The van der Waals surface area contributed by atoms with Gasteiger partial charge in [-0.1, -0.05) is 42.5 Å². The molecule has 152 valence electrons. The number of ketones is 1. The monoisotopic (exact) mass is 393 g/mol. The Morgan fingerprint density at radius 1 is 0.966 bits per heavy atom. The largest absolute Gasteiger partial charge is 0.464 e. The van der Waals surface area contributed by atoms with Gasteiger partial charge in [0.2, 0.25) is 5.91 Å². The van der Waals surface area contributed by atoms with Gasteiger partial charge in [0.1, 0.15) is 0 Å². The fourth-order valence-electron chi connectivity index (χ4n) is 3.66. The minimum atomic E-state index is -0.873. The van der Waals surface area contributed by atoms with Crippen LogP contribution in [0.4, 0.5) is 0 Å². The van der Waals surface area contributed by atoms with Crippen LogP contribution in [0.15, 0.2) is 48.5 Å². The molecule has 0 aliphatic heterocycles. The van der Waals surface area contributed by atoms with Gasteiger partial charge in [-0.3, -0.25) is 9.59 Å². The molecule has 29 heavy (non-hydrogen) atoms. The molecule has 0 radical (unpaired) electrons. The molecule has 2 aromatic carbocycles. The molecule has 1 N–H and O–H groups in total. The topological polar surface area (TPSA) is 72.5 Å². The number of benzene rings is 2. The maximum atomic E-state index is 12.6. The highest BCUT2D eigenvalue weighted by atomic mass is 16.5. The van der Waals surface area contributed by atoms with E-state index in [1.165, 1.54) is 17.5 Å². The van der Waals surface area contributed by atoms with Gasteiger partial charge in [0.25, 0.3) is 0 Å². The van der Waals surface area contributed by atoms with Crippen LogP contribution in [0.1, 0.15) is 65.7 Å². The van der Waals surface area contributed by atoms with E-state index >= 15 is 0 Å². The molecule has 3 rings (SSSR count). The van der Waals surface area contributed by atoms with Crippen molar-refractivity contribution in [2.75, 3.05) is 6.61 Å². The summed E-state index contributed by atoms with van der Waals surface area (Å²) in [5.74, 6) is -0.910. The zero-order valence-electron chi connectivity index (χ0n) is 16.8. The molecular weight excluding hydrogens is 366 g/mol. The molecule has 0 spiro atoms. The van der Waals surface area contributed by atoms with Gasteiger partial charge in [-0.05, 0) is 55.4 Å². The summed E-state index contributed by atoms with van der Waals surface area (Å²) >= 11 is 0. The van der Waals surface area contributed by atoms with Gasteiger partial charge in [0.05, 0.1) is 6.61 Å². The number of carbonyl (C=O) groups excluding carboxylic acids is 3. The molecule has 0 saturated carbocycles. The van der Waals surface area contributed by atoms with E-state index in [4.69, 9.17) is 4.74 Å². The number of hydrogen-bond donors (Lipinski definition) is 1. The highest BCUT2D eigenvalue weighted by Gasteiger charge is 2.24. The number of rotatable bonds is 8. The van der Waals surface area contributed by atoms with Crippen LogP contribution in [0, 0.1) is 0 Å². The summed E-state index contributed by atoms with van der Waals surface area (Å²) in [5, 5.41) is 2.71. The molecule has 0 saturated heterocycles. The molecule has 0 heterocycles. The van der Waals surface area contributed by atoms with Crippen molar-refractivity contribution in [3.63, 3.8) is 0 Å². The molecule has 5 heteroatoms. The Morgan fingerprint density at radius 3 is 2.41 bits per heavy atom. The zero-order chi connectivity index (χ0) is 20.6. The van der Waals surface area contributed by atoms with E-state index in [1.807, 2.05) is 24.3 Å². The van der Waals surface area contributed by atoms with Crippen molar-refractivity contribution in [2.24, 2.45) is 0 Å². The Morgan fingerprint density at radius 2 is 1.69 bits per heavy atom. The maximum absolute atomic E-state index is 12.6. The molecule has 5 nitrogen and oxygen atoms in total. The normalized spacial score (nSPS) is 13.8. The van der Waals surface area contributed by atoms with Gasteiger partial charge in [-0.15, -0.1) is 0 Å². The molecular formula is C24H27NO4. The van der Waals surface area contributed by atoms with Crippen LogP contribution < -0.4 is 5.32 Å². The summed E-state index contributed by atoms with van der Waals surface area (Å²) < 4.78 is 5.09. The summed E-state index contributed by atoms with van der Waals surface area (Å²) in [6.45, 7) is 1.95. The number of carbonyl (C=O) groups is 3. The Labute approximate surface area is 171 Å². The van der Waals surface area contributed by atoms with E-state index in [0.717, 1.165) is 19.3 Å². The lowest BCUT2D eigenvalue weighted by atomic mass is 9.89. The molecule has 1 amide bonds. The lowest BCUT2D eigenvalue weighted by Gasteiger charge is -2.18. The van der Waals surface area contributed by atoms with E-state index in [1.54, 1.807) is 31.2 Å². The van der Waals surface area contributed by atoms with Gasteiger partial charge in [-0.25, -0.2) is 4.79 Å². The van der Waals surface area contributed by atoms with Crippen LogP contribution in [0.5, 0.6) is 0 Å². The van der Waals surface area contributed by atoms with Crippen molar-refractivity contribution in [2.45, 2.75) is 51.5 Å². The molecule has 1 aliphatic carbocycles. The molecule has 1 atom stereocenters. The van der Waals surface area contributed by atoms with E-state index in [0.29, 0.717) is 11.1 Å². The molecule has 0 aromatic heterocycles. The number of fused-ring (bicyclic) bond motifs is 1.